The van der Waals surface area contributed by atoms with Gasteiger partial charge in [-0.2, -0.15) is 0 Å². The smallest absolute Gasteiger partial charge is 0.321 e. The Balaban J connectivity index is 2.10. The van der Waals surface area contributed by atoms with Crippen molar-refractivity contribution in [2.75, 3.05) is 33.9 Å². The molecule has 3 amide bonds. The van der Waals surface area contributed by atoms with Crippen molar-refractivity contribution < 1.29 is 24.0 Å². The molecule has 1 aromatic carbocycles. The minimum atomic E-state index is -0.498. The minimum Gasteiger partial charge on any atom is -0.493 e. The molecule has 0 aliphatic heterocycles. The fraction of sp³-hybridized carbons (Fsp3) is 0.500. The van der Waals surface area contributed by atoms with E-state index >= 15 is 0 Å². The molecule has 4 N–H and O–H groups in total. The lowest BCUT2D eigenvalue weighted by molar-refractivity contribution is -0.904. The number of hydrogen-bond donors (Lipinski definition) is 4. The first kappa shape index (κ1) is 23.1. The highest BCUT2D eigenvalue weighted by Crippen LogP contribution is 2.29. The predicted molar refractivity (Wildman–Crippen MR) is 112 cm³/mol. The number of aromatic amines is 1. The molecular formula is C20H30N5O5+. The quantitative estimate of drug-likeness (QED) is 0.400. The number of nitrogens with zero attached hydrogens (tertiary/aromatic N) is 1. The standard InChI is InChI=1S/C20H29N5O5/c1-5-7-8-21-20(28)24-18(26)12-25(6-2)11-17-22-14-10-16(30-4)15(29-3)9-13(14)19(27)23-17/h9-10H,5-8,11-12H2,1-4H3,(H,22,23,27)(H2,21,24,26,28)/p+1. The van der Waals surface area contributed by atoms with Crippen LogP contribution in [0.1, 0.15) is 32.5 Å². The van der Waals surface area contributed by atoms with Gasteiger partial charge in [0.15, 0.2) is 23.9 Å². The van der Waals surface area contributed by atoms with Gasteiger partial charge in [0.05, 0.1) is 31.7 Å². The van der Waals surface area contributed by atoms with Crippen LogP contribution in [0.4, 0.5) is 4.79 Å². The number of amides is 3. The van der Waals surface area contributed by atoms with Crippen molar-refractivity contribution in [1.82, 2.24) is 20.6 Å². The summed E-state index contributed by atoms with van der Waals surface area (Å²) in [5, 5.41) is 5.35. The van der Waals surface area contributed by atoms with Gasteiger partial charge in [-0.1, -0.05) is 13.3 Å². The molecule has 10 nitrogen and oxygen atoms in total. The first-order valence-electron chi connectivity index (χ1n) is 9.97. The molecule has 0 aliphatic rings. The van der Waals surface area contributed by atoms with Crippen LogP contribution in [0.5, 0.6) is 11.5 Å². The van der Waals surface area contributed by atoms with E-state index in [-0.39, 0.29) is 12.1 Å². The molecule has 0 saturated heterocycles. The average Bonchev–Trinajstić information content (AvgIpc) is 2.72. The number of carbonyl (C=O) groups is 2. The van der Waals surface area contributed by atoms with Crippen molar-refractivity contribution in [1.29, 1.82) is 0 Å². The SMILES string of the molecule is CCCCNC(=O)NC(=O)C[NH+](CC)Cc1nc2cc(OC)c(OC)cc2c(=O)[nH]1. The summed E-state index contributed by atoms with van der Waals surface area (Å²) in [4.78, 5) is 44.5. The Morgan fingerprint density at radius 3 is 2.50 bits per heavy atom. The molecule has 0 bridgehead atoms. The van der Waals surface area contributed by atoms with Crippen molar-refractivity contribution >= 4 is 22.8 Å². The second-order valence-corrected chi connectivity index (χ2v) is 6.85. The zero-order chi connectivity index (χ0) is 22.1. The van der Waals surface area contributed by atoms with Gasteiger partial charge >= 0.3 is 6.03 Å². The molecular weight excluding hydrogens is 390 g/mol. The number of rotatable bonds is 10. The number of carbonyl (C=O) groups excluding carboxylic acids is 2. The number of ether oxygens (including phenoxy) is 2. The van der Waals surface area contributed by atoms with Crippen LogP contribution >= 0.6 is 0 Å². The molecule has 10 heteroatoms. The summed E-state index contributed by atoms with van der Waals surface area (Å²) in [5.41, 5.74) is 0.174. The minimum absolute atomic E-state index is 0.0748. The highest BCUT2D eigenvalue weighted by atomic mass is 16.5. The fourth-order valence-corrected chi connectivity index (χ4v) is 2.97. The van der Waals surface area contributed by atoms with Crippen LogP contribution in [0.2, 0.25) is 0 Å². The maximum Gasteiger partial charge on any atom is 0.321 e. The summed E-state index contributed by atoms with van der Waals surface area (Å²) in [6.45, 7) is 5.46. The Morgan fingerprint density at radius 1 is 1.17 bits per heavy atom. The Morgan fingerprint density at radius 2 is 1.87 bits per heavy atom. The van der Waals surface area contributed by atoms with E-state index in [4.69, 9.17) is 9.47 Å². The topological polar surface area (TPSA) is 127 Å². The van der Waals surface area contributed by atoms with Gasteiger partial charge in [-0.05, 0) is 19.4 Å². The summed E-state index contributed by atoms with van der Waals surface area (Å²) < 4.78 is 10.5. The number of fused-ring (bicyclic) bond motifs is 1. The zero-order valence-electron chi connectivity index (χ0n) is 17.9. The summed E-state index contributed by atoms with van der Waals surface area (Å²) in [5.74, 6) is 0.967. The van der Waals surface area contributed by atoms with E-state index < -0.39 is 11.9 Å². The summed E-state index contributed by atoms with van der Waals surface area (Å²) in [7, 11) is 3.01. The Kier molecular flexibility index (Phi) is 8.60. The van der Waals surface area contributed by atoms with Crippen LogP contribution in [-0.4, -0.2) is 55.8 Å². The number of hydrogen-bond acceptors (Lipinski definition) is 6. The number of aromatic nitrogens is 2. The van der Waals surface area contributed by atoms with Gasteiger partial charge in [-0.3, -0.25) is 14.9 Å². The number of nitrogens with one attached hydrogen (secondary N) is 4. The maximum atomic E-state index is 12.5. The summed E-state index contributed by atoms with van der Waals surface area (Å²) >= 11 is 0. The molecule has 0 saturated carbocycles. The number of methoxy groups -OCH3 is 2. The predicted octanol–water partition coefficient (Wildman–Crippen LogP) is -0.0290. The molecule has 1 atom stereocenters. The van der Waals surface area contributed by atoms with Crippen molar-refractivity contribution in [2.24, 2.45) is 0 Å². The lowest BCUT2D eigenvalue weighted by Crippen LogP contribution is -3.11. The Hall–Kier alpha value is -3.14. The normalized spacial score (nSPS) is 11.7. The molecule has 2 rings (SSSR count). The molecule has 0 spiro atoms. The maximum absolute atomic E-state index is 12.5. The number of urea groups is 1. The molecule has 2 aromatic rings. The van der Waals surface area contributed by atoms with Gasteiger partial charge in [-0.15, -0.1) is 0 Å². The molecule has 0 aliphatic carbocycles. The average molecular weight is 420 g/mol. The van der Waals surface area contributed by atoms with E-state index in [1.165, 1.54) is 14.2 Å². The lowest BCUT2D eigenvalue weighted by Gasteiger charge is -2.17. The van der Waals surface area contributed by atoms with Crippen LogP contribution in [0.25, 0.3) is 10.9 Å². The van der Waals surface area contributed by atoms with Crippen molar-refractivity contribution in [2.45, 2.75) is 33.2 Å². The van der Waals surface area contributed by atoms with E-state index in [2.05, 4.69) is 20.6 Å². The van der Waals surface area contributed by atoms with Gasteiger partial charge in [0, 0.05) is 12.6 Å². The van der Waals surface area contributed by atoms with E-state index in [0.29, 0.717) is 47.9 Å². The highest BCUT2D eigenvalue weighted by Gasteiger charge is 2.18. The number of H-pyrrole nitrogens is 1. The number of likely N-dealkylation sites (N-methyl/N-ethyl adjacent to an activating group) is 1. The van der Waals surface area contributed by atoms with Crippen LogP contribution in [0.3, 0.4) is 0 Å². The second kappa shape index (κ2) is 11.1. The van der Waals surface area contributed by atoms with Gasteiger partial charge < -0.3 is 24.7 Å². The van der Waals surface area contributed by atoms with E-state index in [9.17, 15) is 14.4 Å². The van der Waals surface area contributed by atoms with Crippen LogP contribution < -0.4 is 30.6 Å². The van der Waals surface area contributed by atoms with E-state index in [0.717, 1.165) is 17.7 Å². The van der Waals surface area contributed by atoms with Gasteiger partial charge in [-0.25, -0.2) is 9.78 Å². The van der Waals surface area contributed by atoms with Crippen LogP contribution in [0.15, 0.2) is 16.9 Å². The third kappa shape index (κ3) is 6.18. The first-order chi connectivity index (χ1) is 14.4. The summed E-state index contributed by atoms with van der Waals surface area (Å²) in [6.07, 6.45) is 1.81. The van der Waals surface area contributed by atoms with E-state index in [1.54, 1.807) is 12.1 Å². The number of imide groups is 1. The van der Waals surface area contributed by atoms with Crippen LogP contribution in [0, 0.1) is 0 Å². The number of quaternary nitrogens is 1. The monoisotopic (exact) mass is 420 g/mol. The highest BCUT2D eigenvalue weighted by molar-refractivity contribution is 5.94. The Labute approximate surface area is 175 Å². The molecule has 1 aromatic heterocycles. The molecule has 1 heterocycles. The Bertz CT molecular complexity index is 943. The van der Waals surface area contributed by atoms with Crippen LogP contribution in [-0.2, 0) is 11.3 Å². The summed E-state index contributed by atoms with van der Waals surface area (Å²) in [6, 6.07) is 2.73. The second-order valence-electron chi connectivity index (χ2n) is 6.85. The molecule has 0 fully saturated rings. The van der Waals surface area contributed by atoms with Crippen molar-refractivity contribution in [3.63, 3.8) is 0 Å². The third-order valence-electron chi connectivity index (χ3n) is 4.66. The first-order valence-corrected chi connectivity index (χ1v) is 9.97. The largest absolute Gasteiger partial charge is 0.493 e. The lowest BCUT2D eigenvalue weighted by atomic mass is 10.2. The molecule has 164 valence electrons. The number of benzene rings is 1. The van der Waals surface area contributed by atoms with Gasteiger partial charge in [0.2, 0.25) is 0 Å². The van der Waals surface area contributed by atoms with E-state index in [1.807, 2.05) is 13.8 Å². The molecule has 30 heavy (non-hydrogen) atoms. The molecule has 0 radical (unpaired) electrons. The van der Waals surface area contributed by atoms with Gasteiger partial charge in [0.25, 0.3) is 11.5 Å². The van der Waals surface area contributed by atoms with Crippen molar-refractivity contribution in [3.05, 3.63) is 28.3 Å². The van der Waals surface area contributed by atoms with Gasteiger partial charge in [0.1, 0.15) is 6.54 Å². The zero-order valence-corrected chi connectivity index (χ0v) is 17.9. The molecule has 1 unspecified atom stereocenters. The third-order valence-corrected chi connectivity index (χ3v) is 4.66. The number of unbranched alkanes of at least 4 members (excludes halogenated alkanes) is 1. The van der Waals surface area contributed by atoms with Crippen molar-refractivity contribution in [3.8, 4) is 11.5 Å². The fourth-order valence-electron chi connectivity index (χ4n) is 2.97.